The van der Waals surface area contributed by atoms with Gasteiger partial charge in [-0.25, -0.2) is 0 Å². The Kier molecular flexibility index (Phi) is 5.55. The first kappa shape index (κ1) is 15.7. The summed E-state index contributed by atoms with van der Waals surface area (Å²) < 4.78 is 0. The monoisotopic (exact) mass is 262 g/mol. The number of carbonyl (C=O) groups is 1. The van der Waals surface area contributed by atoms with Gasteiger partial charge in [0.1, 0.15) is 0 Å². The van der Waals surface area contributed by atoms with Gasteiger partial charge in [-0.15, -0.1) is 0 Å². The van der Waals surface area contributed by atoms with E-state index in [2.05, 4.69) is 39.0 Å². The molecule has 3 nitrogen and oxygen atoms in total. The molecule has 1 rings (SSSR count). The summed E-state index contributed by atoms with van der Waals surface area (Å²) in [5, 5.41) is 0. The summed E-state index contributed by atoms with van der Waals surface area (Å²) in [4.78, 5) is 14.0. The molecule has 0 aliphatic rings. The summed E-state index contributed by atoms with van der Waals surface area (Å²) in [6.45, 7) is 8.85. The fourth-order valence-electron chi connectivity index (χ4n) is 2.11. The molecule has 1 aromatic carbocycles. The summed E-state index contributed by atoms with van der Waals surface area (Å²) in [6, 6.07) is 5.90. The van der Waals surface area contributed by atoms with Crippen LogP contribution in [0.4, 0.5) is 0 Å². The lowest BCUT2D eigenvalue weighted by atomic mass is 9.98. The molecule has 2 atom stereocenters. The number of amides is 1. The molecule has 0 fully saturated rings. The van der Waals surface area contributed by atoms with Gasteiger partial charge in [-0.1, -0.05) is 44.0 Å². The third kappa shape index (κ3) is 4.06. The van der Waals surface area contributed by atoms with Crippen molar-refractivity contribution in [3.05, 3.63) is 34.9 Å². The fourth-order valence-corrected chi connectivity index (χ4v) is 2.11. The quantitative estimate of drug-likeness (QED) is 0.886. The van der Waals surface area contributed by atoms with Crippen molar-refractivity contribution in [2.24, 2.45) is 11.7 Å². The second-order valence-electron chi connectivity index (χ2n) is 5.54. The number of hydrogen-bond donors (Lipinski definition) is 1. The molecule has 0 bridgehead atoms. The highest BCUT2D eigenvalue weighted by Crippen LogP contribution is 2.14. The highest BCUT2D eigenvalue weighted by atomic mass is 16.2. The van der Waals surface area contributed by atoms with Crippen LogP contribution in [0.3, 0.4) is 0 Å². The first-order chi connectivity index (χ1) is 8.86. The number of aryl methyl sites for hydroxylation is 2. The molecule has 1 aromatic rings. The van der Waals surface area contributed by atoms with Gasteiger partial charge in [-0.05, 0) is 30.9 Å². The Morgan fingerprint density at radius 2 is 2.00 bits per heavy atom. The van der Waals surface area contributed by atoms with Crippen LogP contribution in [0.5, 0.6) is 0 Å². The summed E-state index contributed by atoms with van der Waals surface area (Å²) in [5.41, 5.74) is 9.64. The molecule has 1 unspecified atom stereocenters. The van der Waals surface area contributed by atoms with Crippen LogP contribution in [0.1, 0.15) is 37.0 Å². The smallest absolute Gasteiger partial charge is 0.239 e. The molecule has 2 N–H and O–H groups in total. The fraction of sp³-hybridized carbons (Fsp3) is 0.562. The van der Waals surface area contributed by atoms with Crippen molar-refractivity contribution in [2.45, 2.75) is 46.7 Å². The zero-order chi connectivity index (χ0) is 14.6. The Morgan fingerprint density at radius 1 is 1.37 bits per heavy atom. The predicted octanol–water partition coefficient (Wildman–Crippen LogP) is 2.64. The number of likely N-dealkylation sites (N-methyl/N-ethyl adjacent to an activating group) is 1. The second kappa shape index (κ2) is 6.71. The van der Waals surface area contributed by atoms with Crippen molar-refractivity contribution in [3.63, 3.8) is 0 Å². The molecular formula is C16H26N2O. The van der Waals surface area contributed by atoms with Crippen LogP contribution >= 0.6 is 0 Å². The minimum atomic E-state index is -0.402. The van der Waals surface area contributed by atoms with Gasteiger partial charge in [-0.2, -0.15) is 0 Å². The van der Waals surface area contributed by atoms with Crippen LogP contribution < -0.4 is 5.73 Å². The number of nitrogens with two attached hydrogens (primary N) is 1. The molecule has 0 spiro atoms. The van der Waals surface area contributed by atoms with Crippen LogP contribution in [-0.4, -0.2) is 23.9 Å². The zero-order valence-electron chi connectivity index (χ0n) is 12.7. The van der Waals surface area contributed by atoms with Crippen LogP contribution in [0.15, 0.2) is 18.2 Å². The van der Waals surface area contributed by atoms with Crippen molar-refractivity contribution in [3.8, 4) is 0 Å². The van der Waals surface area contributed by atoms with Crippen molar-refractivity contribution < 1.29 is 4.79 Å². The lowest BCUT2D eigenvalue weighted by Gasteiger charge is -2.25. The lowest BCUT2D eigenvalue weighted by molar-refractivity contribution is -0.132. The number of carbonyl (C=O) groups excluding carboxylic acids is 1. The Balaban J connectivity index is 2.73. The van der Waals surface area contributed by atoms with Gasteiger partial charge in [-0.3, -0.25) is 4.79 Å². The van der Waals surface area contributed by atoms with E-state index >= 15 is 0 Å². The van der Waals surface area contributed by atoms with E-state index in [4.69, 9.17) is 5.73 Å². The van der Waals surface area contributed by atoms with Gasteiger partial charge in [0.2, 0.25) is 5.91 Å². The summed E-state index contributed by atoms with van der Waals surface area (Å²) in [5.74, 6) is 0.239. The maximum Gasteiger partial charge on any atom is 0.239 e. The van der Waals surface area contributed by atoms with Crippen LogP contribution in [0.2, 0.25) is 0 Å². The second-order valence-corrected chi connectivity index (χ2v) is 5.54. The molecule has 19 heavy (non-hydrogen) atoms. The largest absolute Gasteiger partial charge is 0.340 e. The lowest BCUT2D eigenvalue weighted by Crippen LogP contribution is -2.45. The summed E-state index contributed by atoms with van der Waals surface area (Å²) >= 11 is 0. The van der Waals surface area contributed by atoms with E-state index < -0.39 is 6.04 Å². The molecule has 0 aliphatic carbocycles. The van der Waals surface area contributed by atoms with Crippen molar-refractivity contribution in [2.75, 3.05) is 7.05 Å². The van der Waals surface area contributed by atoms with E-state index in [-0.39, 0.29) is 11.8 Å². The van der Waals surface area contributed by atoms with Gasteiger partial charge in [0.15, 0.2) is 0 Å². The zero-order valence-corrected chi connectivity index (χ0v) is 12.7. The summed E-state index contributed by atoms with van der Waals surface area (Å²) in [7, 11) is 1.82. The maximum absolute atomic E-state index is 12.2. The predicted molar refractivity (Wildman–Crippen MR) is 79.8 cm³/mol. The van der Waals surface area contributed by atoms with Crippen LogP contribution in [0.25, 0.3) is 0 Å². The van der Waals surface area contributed by atoms with Crippen molar-refractivity contribution in [1.29, 1.82) is 0 Å². The molecule has 0 aliphatic heterocycles. The van der Waals surface area contributed by atoms with Crippen molar-refractivity contribution in [1.82, 2.24) is 4.90 Å². The molecular weight excluding hydrogens is 236 g/mol. The van der Waals surface area contributed by atoms with Gasteiger partial charge in [0.25, 0.3) is 0 Å². The maximum atomic E-state index is 12.2. The van der Waals surface area contributed by atoms with E-state index in [1.807, 2.05) is 14.0 Å². The standard InChI is InChI=1S/C16H26N2O/c1-6-12(3)15(17)16(19)18(5)10-14-8-7-11(2)9-13(14)4/h7-9,12,15H,6,10,17H2,1-5H3/t12?,15-/m0/s1. The van der Waals surface area contributed by atoms with Crippen molar-refractivity contribution >= 4 is 5.91 Å². The normalized spacial score (nSPS) is 14.0. The first-order valence-corrected chi connectivity index (χ1v) is 6.93. The van der Waals surface area contributed by atoms with Gasteiger partial charge in [0, 0.05) is 13.6 Å². The highest BCUT2D eigenvalue weighted by molar-refractivity contribution is 5.81. The summed E-state index contributed by atoms with van der Waals surface area (Å²) in [6.07, 6.45) is 0.921. The Hall–Kier alpha value is -1.35. The minimum Gasteiger partial charge on any atom is -0.340 e. The SMILES string of the molecule is CCC(C)[C@H](N)C(=O)N(C)Cc1ccc(C)cc1C. The highest BCUT2D eigenvalue weighted by Gasteiger charge is 2.22. The molecule has 0 saturated carbocycles. The molecule has 1 amide bonds. The van der Waals surface area contributed by atoms with Gasteiger partial charge >= 0.3 is 0 Å². The third-order valence-corrected chi connectivity index (χ3v) is 3.82. The van der Waals surface area contributed by atoms with E-state index in [9.17, 15) is 4.79 Å². The van der Waals surface area contributed by atoms with Gasteiger partial charge < -0.3 is 10.6 Å². The average molecular weight is 262 g/mol. The van der Waals surface area contributed by atoms with E-state index in [0.717, 1.165) is 6.42 Å². The van der Waals surface area contributed by atoms with E-state index in [0.29, 0.717) is 6.54 Å². The Bertz CT molecular complexity index is 442. The number of hydrogen-bond acceptors (Lipinski definition) is 2. The third-order valence-electron chi connectivity index (χ3n) is 3.82. The van der Waals surface area contributed by atoms with E-state index in [1.165, 1.54) is 16.7 Å². The number of benzene rings is 1. The first-order valence-electron chi connectivity index (χ1n) is 6.93. The van der Waals surface area contributed by atoms with E-state index in [1.54, 1.807) is 4.90 Å². The molecule has 106 valence electrons. The van der Waals surface area contributed by atoms with Gasteiger partial charge in [0.05, 0.1) is 6.04 Å². The Labute approximate surface area is 116 Å². The number of rotatable bonds is 5. The molecule has 3 heteroatoms. The minimum absolute atomic E-state index is 0.0225. The molecule has 0 radical (unpaired) electrons. The molecule has 0 heterocycles. The molecule has 0 aromatic heterocycles. The van der Waals surface area contributed by atoms with Crippen LogP contribution in [0, 0.1) is 19.8 Å². The Morgan fingerprint density at radius 3 is 2.53 bits per heavy atom. The molecule has 0 saturated heterocycles. The van der Waals surface area contributed by atoms with Crippen LogP contribution in [-0.2, 0) is 11.3 Å². The average Bonchev–Trinajstić information content (AvgIpc) is 2.39. The number of nitrogens with zero attached hydrogens (tertiary/aromatic N) is 1. The topological polar surface area (TPSA) is 46.3 Å².